The van der Waals surface area contributed by atoms with Crippen molar-refractivity contribution in [1.82, 2.24) is 4.90 Å². The van der Waals surface area contributed by atoms with E-state index in [1.54, 1.807) is 18.2 Å². The van der Waals surface area contributed by atoms with E-state index in [-0.39, 0.29) is 17.0 Å². The van der Waals surface area contributed by atoms with Gasteiger partial charge in [0.15, 0.2) is 0 Å². The van der Waals surface area contributed by atoms with Crippen molar-refractivity contribution < 1.29 is 24.3 Å². The predicted molar refractivity (Wildman–Crippen MR) is 111 cm³/mol. The van der Waals surface area contributed by atoms with Crippen LogP contribution in [0.4, 0.5) is 10.5 Å². The summed E-state index contributed by atoms with van der Waals surface area (Å²) >= 11 is 0.742. The highest BCUT2D eigenvalue weighted by Crippen LogP contribution is 2.32. The monoisotopic (exact) mass is 410 g/mol. The first-order valence-corrected chi connectivity index (χ1v) is 9.52. The summed E-state index contributed by atoms with van der Waals surface area (Å²) in [6.07, 6.45) is 1.50. The van der Waals surface area contributed by atoms with E-state index in [0.717, 1.165) is 27.8 Å². The van der Waals surface area contributed by atoms with Gasteiger partial charge in [0.25, 0.3) is 11.1 Å². The molecule has 0 radical (unpaired) electrons. The molecule has 1 fully saturated rings. The molecule has 0 aromatic heterocycles. The summed E-state index contributed by atoms with van der Waals surface area (Å²) in [5.74, 6) is -2.08. The van der Waals surface area contributed by atoms with E-state index in [2.05, 4.69) is 5.32 Å². The molecule has 2 aromatic rings. The molecule has 3 amide bonds. The third-order valence-electron chi connectivity index (χ3n) is 4.42. The molecule has 1 aliphatic heterocycles. The molecule has 0 atom stereocenters. The highest BCUT2D eigenvalue weighted by Gasteiger charge is 2.36. The first-order valence-electron chi connectivity index (χ1n) is 8.70. The number of carbonyl (C=O) groups excluding carboxylic acids is 3. The Kier molecular flexibility index (Phi) is 5.84. The van der Waals surface area contributed by atoms with Gasteiger partial charge in [-0.15, -0.1) is 0 Å². The fraction of sp³-hybridized carbons (Fsp3) is 0.143. The van der Waals surface area contributed by atoms with Crippen molar-refractivity contribution in [2.75, 3.05) is 11.9 Å². The van der Waals surface area contributed by atoms with Gasteiger partial charge in [-0.2, -0.15) is 0 Å². The lowest BCUT2D eigenvalue weighted by Gasteiger charge is -2.13. The summed E-state index contributed by atoms with van der Waals surface area (Å²) in [4.78, 5) is 49.0. The number of thioether (sulfide) groups is 1. The maximum absolute atomic E-state index is 12.5. The SMILES string of the molecule is Cc1ccc(NC(=O)CN2C(=O)SC(=Cc3ccc(C(=O)O)cc3)C2=O)cc1C. The van der Waals surface area contributed by atoms with Crippen LogP contribution < -0.4 is 5.32 Å². The van der Waals surface area contributed by atoms with E-state index in [4.69, 9.17) is 5.11 Å². The molecule has 2 aromatic carbocycles. The van der Waals surface area contributed by atoms with Crippen LogP contribution in [0.1, 0.15) is 27.0 Å². The summed E-state index contributed by atoms with van der Waals surface area (Å²) in [7, 11) is 0. The van der Waals surface area contributed by atoms with E-state index < -0.39 is 23.0 Å². The molecule has 1 aliphatic rings. The zero-order valence-corrected chi connectivity index (χ0v) is 16.6. The lowest BCUT2D eigenvalue weighted by atomic mass is 10.1. The number of carboxylic acids is 1. The van der Waals surface area contributed by atoms with Crippen LogP contribution in [0, 0.1) is 13.8 Å². The number of imide groups is 1. The van der Waals surface area contributed by atoms with Gasteiger partial charge in [-0.3, -0.25) is 19.3 Å². The minimum absolute atomic E-state index is 0.123. The van der Waals surface area contributed by atoms with Crippen LogP contribution in [0.15, 0.2) is 47.4 Å². The predicted octanol–water partition coefficient (Wildman–Crippen LogP) is 3.68. The number of hydrogen-bond donors (Lipinski definition) is 2. The molecule has 1 heterocycles. The Bertz CT molecular complexity index is 1040. The molecular formula is C21H18N2O5S. The second-order valence-corrected chi connectivity index (χ2v) is 7.54. The third kappa shape index (κ3) is 4.72. The summed E-state index contributed by atoms with van der Waals surface area (Å²) in [6.45, 7) is 3.50. The quantitative estimate of drug-likeness (QED) is 0.729. The van der Waals surface area contributed by atoms with E-state index in [1.807, 2.05) is 26.0 Å². The lowest BCUT2D eigenvalue weighted by Crippen LogP contribution is -2.36. The van der Waals surface area contributed by atoms with Gasteiger partial charge in [-0.25, -0.2) is 4.79 Å². The van der Waals surface area contributed by atoms with Crippen molar-refractivity contribution in [3.8, 4) is 0 Å². The second kappa shape index (κ2) is 8.32. The molecule has 0 bridgehead atoms. The minimum Gasteiger partial charge on any atom is -0.478 e. The Morgan fingerprint density at radius 1 is 1.07 bits per heavy atom. The van der Waals surface area contributed by atoms with Crippen LogP contribution in [0.2, 0.25) is 0 Å². The zero-order valence-electron chi connectivity index (χ0n) is 15.8. The fourth-order valence-electron chi connectivity index (χ4n) is 2.67. The average Bonchev–Trinajstić information content (AvgIpc) is 2.92. The molecule has 1 saturated heterocycles. The number of aromatic carboxylic acids is 1. The largest absolute Gasteiger partial charge is 0.478 e. The van der Waals surface area contributed by atoms with Gasteiger partial charge in [-0.05, 0) is 72.6 Å². The van der Waals surface area contributed by atoms with Crippen LogP contribution in [-0.2, 0) is 9.59 Å². The molecule has 0 aliphatic carbocycles. The molecule has 3 rings (SSSR count). The highest BCUT2D eigenvalue weighted by molar-refractivity contribution is 8.18. The number of aryl methyl sites for hydroxylation is 2. The molecule has 0 saturated carbocycles. The molecule has 148 valence electrons. The Labute approximate surface area is 171 Å². The highest BCUT2D eigenvalue weighted by atomic mass is 32.2. The summed E-state index contributed by atoms with van der Waals surface area (Å²) in [5.41, 5.74) is 3.42. The summed E-state index contributed by atoms with van der Waals surface area (Å²) in [6, 6.07) is 11.4. The Morgan fingerprint density at radius 2 is 1.76 bits per heavy atom. The number of nitrogens with zero attached hydrogens (tertiary/aromatic N) is 1. The first-order chi connectivity index (χ1) is 13.7. The minimum atomic E-state index is -1.05. The number of anilines is 1. The third-order valence-corrected chi connectivity index (χ3v) is 5.33. The molecule has 8 heteroatoms. The maximum atomic E-state index is 12.5. The van der Waals surface area contributed by atoms with Gasteiger partial charge < -0.3 is 10.4 Å². The maximum Gasteiger partial charge on any atom is 0.335 e. The van der Waals surface area contributed by atoms with Crippen LogP contribution in [0.5, 0.6) is 0 Å². The molecule has 2 N–H and O–H groups in total. The molecule has 0 spiro atoms. The summed E-state index contributed by atoms with van der Waals surface area (Å²) < 4.78 is 0. The van der Waals surface area contributed by atoms with Gasteiger partial charge in [0.2, 0.25) is 5.91 Å². The van der Waals surface area contributed by atoms with Crippen LogP contribution >= 0.6 is 11.8 Å². The number of carboxylic acid groups (broad SMARTS) is 1. The van der Waals surface area contributed by atoms with Gasteiger partial charge in [0.1, 0.15) is 6.54 Å². The van der Waals surface area contributed by atoms with Crippen molar-refractivity contribution in [3.63, 3.8) is 0 Å². The number of amides is 3. The zero-order chi connectivity index (χ0) is 21.1. The fourth-order valence-corrected chi connectivity index (χ4v) is 3.51. The molecule has 0 unspecified atom stereocenters. The van der Waals surface area contributed by atoms with Crippen LogP contribution in [-0.4, -0.2) is 39.6 Å². The standard InChI is InChI=1S/C21H18N2O5S/c1-12-3-8-16(9-13(12)2)22-18(24)11-23-19(25)17(29-21(23)28)10-14-4-6-15(7-5-14)20(26)27/h3-10H,11H2,1-2H3,(H,22,24)(H,26,27). The summed E-state index contributed by atoms with van der Waals surface area (Å²) in [5, 5.41) is 11.1. The van der Waals surface area contributed by atoms with Crippen molar-refractivity contribution >= 4 is 46.5 Å². The van der Waals surface area contributed by atoms with E-state index >= 15 is 0 Å². The average molecular weight is 410 g/mol. The van der Waals surface area contributed by atoms with Crippen molar-refractivity contribution in [3.05, 3.63) is 69.6 Å². The van der Waals surface area contributed by atoms with E-state index in [9.17, 15) is 19.2 Å². The van der Waals surface area contributed by atoms with Gasteiger partial charge in [0.05, 0.1) is 10.5 Å². The number of benzene rings is 2. The molecule has 7 nitrogen and oxygen atoms in total. The lowest BCUT2D eigenvalue weighted by molar-refractivity contribution is -0.127. The smallest absolute Gasteiger partial charge is 0.335 e. The number of nitrogens with one attached hydrogen (secondary N) is 1. The van der Waals surface area contributed by atoms with Gasteiger partial charge in [0, 0.05) is 5.69 Å². The van der Waals surface area contributed by atoms with Gasteiger partial charge >= 0.3 is 5.97 Å². The molecular weight excluding hydrogens is 392 g/mol. The topological polar surface area (TPSA) is 104 Å². The first kappa shape index (κ1) is 20.3. The Balaban J connectivity index is 1.68. The Hall–Kier alpha value is -3.39. The van der Waals surface area contributed by atoms with Crippen LogP contribution in [0.25, 0.3) is 6.08 Å². The Morgan fingerprint density at radius 3 is 2.38 bits per heavy atom. The van der Waals surface area contributed by atoms with E-state index in [1.165, 1.54) is 18.2 Å². The number of hydrogen-bond acceptors (Lipinski definition) is 5. The number of rotatable bonds is 5. The van der Waals surface area contributed by atoms with E-state index in [0.29, 0.717) is 11.3 Å². The number of carbonyl (C=O) groups is 4. The molecule has 29 heavy (non-hydrogen) atoms. The van der Waals surface area contributed by atoms with Crippen LogP contribution in [0.3, 0.4) is 0 Å². The second-order valence-electron chi connectivity index (χ2n) is 6.54. The van der Waals surface area contributed by atoms with Gasteiger partial charge in [-0.1, -0.05) is 18.2 Å². The normalized spacial score (nSPS) is 15.1. The van der Waals surface area contributed by atoms with Crippen molar-refractivity contribution in [1.29, 1.82) is 0 Å². The van der Waals surface area contributed by atoms with Crippen molar-refractivity contribution in [2.45, 2.75) is 13.8 Å². The van der Waals surface area contributed by atoms with Crippen molar-refractivity contribution in [2.24, 2.45) is 0 Å².